The normalized spacial score (nSPS) is 10.7. The maximum Gasteiger partial charge on any atom is 0.331 e. The number of amides is 2. The van der Waals surface area contributed by atoms with E-state index in [0.717, 1.165) is 5.56 Å². The summed E-state index contributed by atoms with van der Waals surface area (Å²) < 4.78 is 17.3. The molecule has 0 atom stereocenters. The van der Waals surface area contributed by atoms with E-state index in [1.807, 2.05) is 0 Å². The van der Waals surface area contributed by atoms with Crippen molar-refractivity contribution in [2.45, 2.75) is 25.9 Å². The molecule has 6 heteroatoms. The van der Waals surface area contributed by atoms with Gasteiger partial charge in [-0.25, -0.2) is 14.0 Å². The molecule has 0 aromatic heterocycles. The average Bonchev–Trinajstić information content (AvgIpc) is 2.36. The fraction of sp³-hybridized carbons (Fsp3) is 0.385. The maximum absolute atomic E-state index is 12.7. The summed E-state index contributed by atoms with van der Waals surface area (Å²) in [5.41, 5.74) is -0.353. The zero-order valence-electron chi connectivity index (χ0n) is 11.1. The van der Waals surface area contributed by atoms with E-state index in [2.05, 4.69) is 15.4 Å². The highest BCUT2D eigenvalue weighted by atomic mass is 19.1. The molecular weight excluding hydrogens is 251 g/mol. The number of halogens is 1. The van der Waals surface area contributed by atoms with Crippen molar-refractivity contribution in [3.8, 4) is 0 Å². The number of ether oxygens (including phenoxy) is 1. The number of hydrogen-bond acceptors (Lipinski definition) is 3. The van der Waals surface area contributed by atoms with Gasteiger partial charge in [0, 0.05) is 6.54 Å². The Morgan fingerprint density at radius 1 is 1.26 bits per heavy atom. The van der Waals surface area contributed by atoms with Crippen LogP contribution in [-0.4, -0.2) is 24.6 Å². The summed E-state index contributed by atoms with van der Waals surface area (Å²) in [6.07, 6.45) is 0. The summed E-state index contributed by atoms with van der Waals surface area (Å²) in [5.74, 6) is -0.871. The molecule has 1 rings (SSSR count). The Morgan fingerprint density at radius 3 is 2.37 bits per heavy atom. The lowest BCUT2D eigenvalue weighted by atomic mass is 10.1. The second kappa shape index (κ2) is 6.17. The molecule has 2 amide bonds. The van der Waals surface area contributed by atoms with Gasteiger partial charge in [0.2, 0.25) is 0 Å². The topological polar surface area (TPSA) is 67.4 Å². The van der Waals surface area contributed by atoms with Crippen LogP contribution in [0, 0.1) is 5.82 Å². The van der Waals surface area contributed by atoms with Crippen LogP contribution in [0.15, 0.2) is 24.3 Å². The maximum atomic E-state index is 12.7. The smallest absolute Gasteiger partial charge is 0.331 e. The van der Waals surface area contributed by atoms with Crippen LogP contribution in [0.4, 0.5) is 9.18 Å². The van der Waals surface area contributed by atoms with E-state index in [4.69, 9.17) is 0 Å². The first-order valence-electron chi connectivity index (χ1n) is 5.74. The molecule has 0 heterocycles. The highest BCUT2D eigenvalue weighted by Gasteiger charge is 2.30. The summed E-state index contributed by atoms with van der Waals surface area (Å²) in [4.78, 5) is 23.0. The van der Waals surface area contributed by atoms with Crippen LogP contribution >= 0.6 is 0 Å². The molecule has 0 bridgehead atoms. The van der Waals surface area contributed by atoms with E-state index < -0.39 is 17.5 Å². The fourth-order valence-electron chi connectivity index (χ4n) is 1.42. The summed E-state index contributed by atoms with van der Waals surface area (Å²) in [6, 6.07) is 5.27. The number of carbonyl (C=O) groups excluding carboxylic acids is 2. The first kappa shape index (κ1) is 14.9. The predicted octanol–water partition coefficient (Wildman–Crippen LogP) is 1.58. The SMILES string of the molecule is COC(=O)C(C)(C)NC(=O)NCc1ccc(F)cc1. The Bertz CT molecular complexity index is 457. The van der Waals surface area contributed by atoms with E-state index in [1.165, 1.54) is 33.1 Å². The summed E-state index contributed by atoms with van der Waals surface area (Å²) >= 11 is 0. The summed E-state index contributed by atoms with van der Waals surface area (Å²) in [6.45, 7) is 3.32. The molecule has 0 aliphatic carbocycles. The van der Waals surface area contributed by atoms with Gasteiger partial charge in [0.25, 0.3) is 0 Å². The van der Waals surface area contributed by atoms with Gasteiger partial charge in [0.05, 0.1) is 7.11 Å². The Hall–Kier alpha value is -2.11. The van der Waals surface area contributed by atoms with Crippen molar-refractivity contribution in [2.24, 2.45) is 0 Å². The summed E-state index contributed by atoms with van der Waals surface area (Å²) in [7, 11) is 1.25. The van der Waals surface area contributed by atoms with Gasteiger partial charge < -0.3 is 15.4 Å². The van der Waals surface area contributed by atoms with E-state index in [0.29, 0.717) is 0 Å². The largest absolute Gasteiger partial charge is 0.467 e. The quantitative estimate of drug-likeness (QED) is 0.815. The van der Waals surface area contributed by atoms with Crippen molar-refractivity contribution in [1.82, 2.24) is 10.6 Å². The van der Waals surface area contributed by atoms with E-state index in [1.54, 1.807) is 12.1 Å². The van der Waals surface area contributed by atoms with Gasteiger partial charge in [-0.2, -0.15) is 0 Å². The van der Waals surface area contributed by atoms with Crippen molar-refractivity contribution >= 4 is 12.0 Å². The molecular formula is C13H17FN2O3. The third kappa shape index (κ3) is 4.57. The number of esters is 1. The number of benzene rings is 1. The Labute approximate surface area is 111 Å². The Balaban J connectivity index is 2.48. The number of methoxy groups -OCH3 is 1. The molecule has 104 valence electrons. The van der Waals surface area contributed by atoms with Crippen molar-refractivity contribution in [3.63, 3.8) is 0 Å². The number of rotatable bonds is 4. The van der Waals surface area contributed by atoms with Crippen LogP contribution in [0.3, 0.4) is 0 Å². The molecule has 0 saturated heterocycles. The molecule has 1 aromatic carbocycles. The van der Waals surface area contributed by atoms with Gasteiger partial charge in [-0.1, -0.05) is 12.1 Å². The van der Waals surface area contributed by atoms with E-state index in [9.17, 15) is 14.0 Å². The standard InChI is InChI=1S/C13H17FN2O3/c1-13(2,11(17)19-3)16-12(18)15-8-9-4-6-10(14)7-5-9/h4-7H,8H2,1-3H3,(H2,15,16,18). The minimum Gasteiger partial charge on any atom is -0.467 e. The summed E-state index contributed by atoms with van der Waals surface area (Å²) in [5, 5.41) is 5.06. The lowest BCUT2D eigenvalue weighted by molar-refractivity contribution is -0.146. The Kier molecular flexibility index (Phi) is 4.86. The minimum atomic E-state index is -1.11. The Morgan fingerprint density at radius 2 is 1.84 bits per heavy atom. The van der Waals surface area contributed by atoms with Crippen LogP contribution < -0.4 is 10.6 Å². The molecule has 0 aliphatic heterocycles. The van der Waals surface area contributed by atoms with E-state index in [-0.39, 0.29) is 12.4 Å². The molecule has 0 saturated carbocycles. The molecule has 19 heavy (non-hydrogen) atoms. The molecule has 0 spiro atoms. The lowest BCUT2D eigenvalue weighted by Crippen LogP contribution is -2.53. The number of nitrogens with one attached hydrogen (secondary N) is 2. The van der Waals surface area contributed by atoms with Crippen molar-refractivity contribution in [3.05, 3.63) is 35.6 Å². The van der Waals surface area contributed by atoms with Crippen molar-refractivity contribution < 1.29 is 18.7 Å². The highest BCUT2D eigenvalue weighted by Crippen LogP contribution is 2.05. The third-order valence-corrected chi connectivity index (χ3v) is 2.49. The van der Waals surface area contributed by atoms with Crippen LogP contribution in [0.25, 0.3) is 0 Å². The van der Waals surface area contributed by atoms with Crippen LogP contribution in [0.1, 0.15) is 19.4 Å². The molecule has 5 nitrogen and oxygen atoms in total. The first-order chi connectivity index (χ1) is 8.85. The molecule has 0 fully saturated rings. The van der Waals surface area contributed by atoms with Gasteiger partial charge in [-0.05, 0) is 31.5 Å². The zero-order chi connectivity index (χ0) is 14.5. The van der Waals surface area contributed by atoms with Crippen LogP contribution in [-0.2, 0) is 16.1 Å². The molecule has 2 N–H and O–H groups in total. The number of hydrogen-bond donors (Lipinski definition) is 2. The van der Waals surface area contributed by atoms with Gasteiger partial charge >= 0.3 is 12.0 Å². The van der Waals surface area contributed by atoms with Gasteiger partial charge in [0.15, 0.2) is 0 Å². The van der Waals surface area contributed by atoms with Crippen molar-refractivity contribution in [1.29, 1.82) is 0 Å². The first-order valence-corrected chi connectivity index (χ1v) is 5.74. The fourth-order valence-corrected chi connectivity index (χ4v) is 1.42. The second-order valence-corrected chi connectivity index (χ2v) is 4.55. The lowest BCUT2D eigenvalue weighted by Gasteiger charge is -2.23. The second-order valence-electron chi connectivity index (χ2n) is 4.55. The molecule has 0 aliphatic rings. The third-order valence-electron chi connectivity index (χ3n) is 2.49. The molecule has 1 aromatic rings. The van der Waals surface area contributed by atoms with E-state index >= 15 is 0 Å². The van der Waals surface area contributed by atoms with Gasteiger partial charge in [-0.3, -0.25) is 0 Å². The predicted molar refractivity (Wildman–Crippen MR) is 67.9 cm³/mol. The van der Waals surface area contributed by atoms with Crippen LogP contribution in [0.5, 0.6) is 0 Å². The van der Waals surface area contributed by atoms with Gasteiger partial charge in [0.1, 0.15) is 11.4 Å². The molecule has 0 unspecified atom stereocenters. The monoisotopic (exact) mass is 268 g/mol. The number of urea groups is 1. The van der Waals surface area contributed by atoms with Crippen LogP contribution in [0.2, 0.25) is 0 Å². The zero-order valence-corrected chi connectivity index (χ0v) is 11.1. The number of carbonyl (C=O) groups is 2. The average molecular weight is 268 g/mol. The molecule has 0 radical (unpaired) electrons. The highest BCUT2D eigenvalue weighted by molar-refractivity contribution is 5.86. The minimum absolute atomic E-state index is 0.239. The van der Waals surface area contributed by atoms with Crippen molar-refractivity contribution in [2.75, 3.05) is 7.11 Å². The van der Waals surface area contributed by atoms with Gasteiger partial charge in [-0.15, -0.1) is 0 Å².